The lowest BCUT2D eigenvalue weighted by molar-refractivity contribution is -0.121. The van der Waals surface area contributed by atoms with Crippen LogP contribution in [0.3, 0.4) is 0 Å². The molecule has 0 radical (unpaired) electrons. The van der Waals surface area contributed by atoms with Gasteiger partial charge in [0.15, 0.2) is 0 Å². The lowest BCUT2D eigenvalue weighted by Crippen LogP contribution is -2.48. The Morgan fingerprint density at radius 3 is 2.94 bits per heavy atom. The van der Waals surface area contributed by atoms with Crippen LogP contribution in [0.4, 0.5) is 5.69 Å². The molecule has 1 aromatic carbocycles. The fraction of sp³-hybridized carbons (Fsp3) is 0.500. The second-order valence-electron chi connectivity index (χ2n) is 4.75. The second-order valence-corrected chi connectivity index (χ2v) is 6.05. The molecular formula is C14H20N2OS. The van der Waals surface area contributed by atoms with Gasteiger partial charge < -0.3 is 10.6 Å². The largest absolute Gasteiger partial charge is 0.323 e. The molecule has 1 heterocycles. The van der Waals surface area contributed by atoms with Crippen LogP contribution in [0.1, 0.15) is 26.7 Å². The van der Waals surface area contributed by atoms with Crippen LogP contribution in [0.2, 0.25) is 0 Å². The fourth-order valence-electron chi connectivity index (χ4n) is 2.20. The first kappa shape index (κ1) is 13.4. The first-order valence-electron chi connectivity index (χ1n) is 6.44. The number of amides is 1. The van der Waals surface area contributed by atoms with Crippen molar-refractivity contribution in [2.24, 2.45) is 0 Å². The standard InChI is InChI=1S/C14H20N2OS/c1-3-18-12-8-5-4-7-11(12)16-13(17)14(2)9-6-10-15-14/h4-5,7-8,15H,3,6,9-10H2,1-2H3,(H,16,17). The predicted molar refractivity (Wildman–Crippen MR) is 77.1 cm³/mol. The molecule has 18 heavy (non-hydrogen) atoms. The molecule has 1 atom stereocenters. The van der Waals surface area contributed by atoms with Gasteiger partial charge in [-0.25, -0.2) is 0 Å². The molecule has 1 unspecified atom stereocenters. The van der Waals surface area contributed by atoms with Crippen LogP contribution in [0.5, 0.6) is 0 Å². The van der Waals surface area contributed by atoms with Crippen molar-refractivity contribution in [3.8, 4) is 0 Å². The zero-order valence-corrected chi connectivity index (χ0v) is 11.8. The Morgan fingerprint density at radius 1 is 1.50 bits per heavy atom. The van der Waals surface area contributed by atoms with Gasteiger partial charge >= 0.3 is 0 Å². The van der Waals surface area contributed by atoms with Crippen LogP contribution in [0.15, 0.2) is 29.2 Å². The number of benzene rings is 1. The van der Waals surface area contributed by atoms with E-state index < -0.39 is 5.54 Å². The quantitative estimate of drug-likeness (QED) is 0.822. The topological polar surface area (TPSA) is 41.1 Å². The van der Waals surface area contributed by atoms with Crippen LogP contribution in [-0.4, -0.2) is 23.7 Å². The van der Waals surface area contributed by atoms with Gasteiger partial charge in [-0.3, -0.25) is 4.79 Å². The van der Waals surface area contributed by atoms with Crippen LogP contribution in [0, 0.1) is 0 Å². The van der Waals surface area contributed by atoms with E-state index in [9.17, 15) is 4.79 Å². The number of carbonyl (C=O) groups is 1. The van der Waals surface area contributed by atoms with Crippen molar-refractivity contribution in [1.29, 1.82) is 0 Å². The molecule has 1 aliphatic rings. The highest BCUT2D eigenvalue weighted by Crippen LogP contribution is 2.28. The van der Waals surface area contributed by atoms with Gasteiger partial charge in [-0.05, 0) is 44.2 Å². The van der Waals surface area contributed by atoms with Gasteiger partial charge in [-0.2, -0.15) is 0 Å². The number of rotatable bonds is 4. The molecular weight excluding hydrogens is 244 g/mol. The minimum Gasteiger partial charge on any atom is -0.323 e. The third kappa shape index (κ3) is 2.87. The van der Waals surface area contributed by atoms with Crippen molar-refractivity contribution >= 4 is 23.4 Å². The van der Waals surface area contributed by atoms with E-state index >= 15 is 0 Å². The molecule has 1 aromatic rings. The van der Waals surface area contributed by atoms with Gasteiger partial charge in [0.1, 0.15) is 0 Å². The Kier molecular flexibility index (Phi) is 4.30. The number of para-hydroxylation sites is 1. The van der Waals surface area contributed by atoms with E-state index in [1.165, 1.54) is 0 Å². The van der Waals surface area contributed by atoms with E-state index in [0.29, 0.717) is 0 Å². The zero-order chi connectivity index (χ0) is 13.0. The number of hydrogen-bond acceptors (Lipinski definition) is 3. The molecule has 1 amide bonds. The van der Waals surface area contributed by atoms with Gasteiger partial charge in [0.25, 0.3) is 0 Å². The van der Waals surface area contributed by atoms with Gasteiger partial charge in [-0.1, -0.05) is 19.1 Å². The predicted octanol–water partition coefficient (Wildman–Crippen LogP) is 2.88. The Morgan fingerprint density at radius 2 is 2.28 bits per heavy atom. The summed E-state index contributed by atoms with van der Waals surface area (Å²) in [5, 5.41) is 6.34. The SMILES string of the molecule is CCSc1ccccc1NC(=O)C1(C)CCCN1. The maximum Gasteiger partial charge on any atom is 0.244 e. The summed E-state index contributed by atoms with van der Waals surface area (Å²) in [5.74, 6) is 1.08. The molecule has 2 N–H and O–H groups in total. The number of carbonyl (C=O) groups excluding carboxylic acids is 1. The Hall–Kier alpha value is -1.00. The average molecular weight is 264 g/mol. The van der Waals surface area contributed by atoms with E-state index in [4.69, 9.17) is 0 Å². The van der Waals surface area contributed by atoms with Crippen molar-refractivity contribution in [3.05, 3.63) is 24.3 Å². The number of hydrogen-bond donors (Lipinski definition) is 2. The number of thioether (sulfide) groups is 1. The van der Waals surface area contributed by atoms with Crippen molar-refractivity contribution in [2.45, 2.75) is 37.1 Å². The lowest BCUT2D eigenvalue weighted by Gasteiger charge is -2.23. The summed E-state index contributed by atoms with van der Waals surface area (Å²) in [6, 6.07) is 7.98. The monoisotopic (exact) mass is 264 g/mol. The molecule has 0 aromatic heterocycles. The molecule has 4 heteroatoms. The van der Waals surface area contributed by atoms with Crippen molar-refractivity contribution in [3.63, 3.8) is 0 Å². The summed E-state index contributed by atoms with van der Waals surface area (Å²) in [7, 11) is 0. The highest BCUT2D eigenvalue weighted by molar-refractivity contribution is 7.99. The van der Waals surface area contributed by atoms with Crippen molar-refractivity contribution in [2.75, 3.05) is 17.6 Å². The zero-order valence-electron chi connectivity index (χ0n) is 11.0. The highest BCUT2D eigenvalue weighted by Gasteiger charge is 2.35. The first-order valence-corrected chi connectivity index (χ1v) is 7.42. The third-order valence-electron chi connectivity index (χ3n) is 3.30. The summed E-state index contributed by atoms with van der Waals surface area (Å²) in [4.78, 5) is 13.4. The summed E-state index contributed by atoms with van der Waals surface area (Å²) in [6.45, 7) is 5.02. The Labute approximate surface area is 113 Å². The average Bonchev–Trinajstić information content (AvgIpc) is 2.80. The summed E-state index contributed by atoms with van der Waals surface area (Å²) < 4.78 is 0. The smallest absolute Gasteiger partial charge is 0.244 e. The molecule has 0 bridgehead atoms. The molecule has 2 rings (SSSR count). The lowest BCUT2D eigenvalue weighted by atomic mass is 9.99. The summed E-state index contributed by atoms with van der Waals surface area (Å²) in [6.07, 6.45) is 1.97. The second kappa shape index (κ2) is 5.76. The van der Waals surface area contributed by atoms with Crippen LogP contribution < -0.4 is 10.6 Å². The molecule has 3 nitrogen and oxygen atoms in total. The molecule has 0 saturated carbocycles. The minimum atomic E-state index is -0.413. The molecule has 1 aliphatic heterocycles. The van der Waals surface area contributed by atoms with Gasteiger partial charge in [-0.15, -0.1) is 11.8 Å². The number of anilines is 1. The van der Waals surface area contributed by atoms with Gasteiger partial charge in [0, 0.05) is 4.90 Å². The Balaban J connectivity index is 2.11. The molecule has 0 spiro atoms. The summed E-state index contributed by atoms with van der Waals surface area (Å²) >= 11 is 1.75. The molecule has 1 fully saturated rings. The highest BCUT2D eigenvalue weighted by atomic mass is 32.2. The summed E-state index contributed by atoms with van der Waals surface area (Å²) in [5.41, 5.74) is 0.508. The normalized spacial score (nSPS) is 23.0. The molecule has 1 saturated heterocycles. The molecule has 0 aliphatic carbocycles. The van der Waals surface area contributed by atoms with Gasteiger partial charge in [0.05, 0.1) is 11.2 Å². The van der Waals surface area contributed by atoms with E-state index in [1.54, 1.807) is 11.8 Å². The van der Waals surface area contributed by atoms with E-state index in [-0.39, 0.29) is 5.91 Å². The maximum atomic E-state index is 12.3. The van der Waals surface area contributed by atoms with E-state index in [0.717, 1.165) is 35.7 Å². The van der Waals surface area contributed by atoms with Crippen molar-refractivity contribution in [1.82, 2.24) is 5.32 Å². The van der Waals surface area contributed by atoms with E-state index in [1.807, 2.05) is 31.2 Å². The van der Waals surface area contributed by atoms with Crippen LogP contribution in [-0.2, 0) is 4.79 Å². The van der Waals surface area contributed by atoms with Crippen LogP contribution >= 0.6 is 11.8 Å². The van der Waals surface area contributed by atoms with Crippen molar-refractivity contribution < 1.29 is 4.79 Å². The maximum absolute atomic E-state index is 12.3. The van der Waals surface area contributed by atoms with E-state index in [2.05, 4.69) is 17.6 Å². The third-order valence-corrected chi connectivity index (χ3v) is 4.26. The Bertz CT molecular complexity index is 428. The van der Waals surface area contributed by atoms with Gasteiger partial charge in [0.2, 0.25) is 5.91 Å². The molecule has 98 valence electrons. The van der Waals surface area contributed by atoms with Crippen LogP contribution in [0.25, 0.3) is 0 Å². The number of nitrogens with one attached hydrogen (secondary N) is 2. The fourth-order valence-corrected chi connectivity index (χ4v) is 2.96. The minimum absolute atomic E-state index is 0.0733. The first-order chi connectivity index (χ1) is 8.65.